The molecule has 0 amide bonds. The van der Waals surface area contributed by atoms with Crippen molar-refractivity contribution in [3.63, 3.8) is 0 Å². The lowest BCUT2D eigenvalue weighted by molar-refractivity contribution is -0.109. The van der Waals surface area contributed by atoms with Gasteiger partial charge in [0.15, 0.2) is 5.78 Å². The molecule has 2 nitrogen and oxygen atoms in total. The Morgan fingerprint density at radius 3 is 2.30 bits per heavy atom. The molecule has 3 atom stereocenters. The second kappa shape index (κ2) is 5.22. The molecule has 0 spiro atoms. The van der Waals surface area contributed by atoms with Crippen molar-refractivity contribution < 1.29 is 9.59 Å². The summed E-state index contributed by atoms with van der Waals surface area (Å²) in [4.78, 5) is 23.7. The van der Waals surface area contributed by atoms with Crippen molar-refractivity contribution in [1.29, 1.82) is 0 Å². The third-order valence-electron chi connectivity index (χ3n) is 3.86. The molecule has 1 fully saturated rings. The van der Waals surface area contributed by atoms with Gasteiger partial charge in [0.1, 0.15) is 6.29 Å². The summed E-state index contributed by atoms with van der Waals surface area (Å²) in [5.41, 5.74) is 1.54. The van der Waals surface area contributed by atoms with Gasteiger partial charge in [0.2, 0.25) is 0 Å². The van der Waals surface area contributed by atoms with Crippen LogP contribution < -0.4 is 0 Å². The van der Waals surface area contributed by atoms with Crippen molar-refractivity contribution in [2.24, 2.45) is 11.8 Å². The lowest BCUT2D eigenvalue weighted by Gasteiger charge is -2.02. The number of carbonyl (C=O) groups excluding carboxylic acids is 2. The van der Waals surface area contributed by atoms with Crippen molar-refractivity contribution in [2.75, 3.05) is 0 Å². The van der Waals surface area contributed by atoms with Gasteiger partial charge >= 0.3 is 0 Å². The average molecular weight is 285 g/mol. The fraction of sp³-hybridized carbons (Fsp3) is 0.176. The highest BCUT2D eigenvalue weighted by molar-refractivity contribution is 6.34. The molecule has 0 N–H and O–H groups in total. The van der Waals surface area contributed by atoms with Gasteiger partial charge in [-0.05, 0) is 17.7 Å². The van der Waals surface area contributed by atoms with Crippen molar-refractivity contribution in [1.82, 2.24) is 0 Å². The van der Waals surface area contributed by atoms with E-state index in [0.717, 1.165) is 11.8 Å². The van der Waals surface area contributed by atoms with Gasteiger partial charge in [-0.1, -0.05) is 54.1 Å². The third-order valence-corrected chi connectivity index (χ3v) is 4.19. The van der Waals surface area contributed by atoms with Crippen molar-refractivity contribution >= 4 is 23.7 Å². The maximum atomic E-state index is 12.5. The van der Waals surface area contributed by atoms with E-state index in [2.05, 4.69) is 0 Å². The zero-order valence-corrected chi connectivity index (χ0v) is 11.5. The first-order valence-electron chi connectivity index (χ1n) is 6.53. The normalized spacial score (nSPS) is 24.1. The fourth-order valence-corrected chi connectivity index (χ4v) is 3.02. The summed E-state index contributed by atoms with van der Waals surface area (Å²) in [7, 11) is 0. The number of halogens is 1. The van der Waals surface area contributed by atoms with Crippen molar-refractivity contribution in [2.45, 2.75) is 5.92 Å². The average Bonchev–Trinajstić information content (AvgIpc) is 3.22. The van der Waals surface area contributed by atoms with Crippen molar-refractivity contribution in [3.05, 3.63) is 70.7 Å². The predicted molar refractivity (Wildman–Crippen MR) is 78.0 cm³/mol. The van der Waals surface area contributed by atoms with Gasteiger partial charge in [-0.2, -0.15) is 0 Å². The second-order valence-corrected chi connectivity index (χ2v) is 5.43. The van der Waals surface area contributed by atoms with E-state index in [1.165, 1.54) is 0 Å². The molecule has 0 aromatic heterocycles. The quantitative estimate of drug-likeness (QED) is 0.633. The summed E-state index contributed by atoms with van der Waals surface area (Å²) in [6.45, 7) is 0. The van der Waals surface area contributed by atoms with Crippen LogP contribution in [0.15, 0.2) is 54.6 Å². The number of rotatable bonds is 4. The van der Waals surface area contributed by atoms with Crippen LogP contribution in [0.2, 0.25) is 5.02 Å². The van der Waals surface area contributed by atoms with Gasteiger partial charge in [-0.25, -0.2) is 0 Å². The molecule has 1 aliphatic carbocycles. The van der Waals surface area contributed by atoms with Crippen molar-refractivity contribution in [3.8, 4) is 0 Å². The summed E-state index contributed by atoms with van der Waals surface area (Å²) in [5.74, 6) is -0.574. The van der Waals surface area contributed by atoms with Gasteiger partial charge in [0, 0.05) is 23.3 Å². The van der Waals surface area contributed by atoms with Gasteiger partial charge < -0.3 is 4.79 Å². The molecule has 1 aliphatic rings. The molecule has 2 aromatic carbocycles. The van der Waals surface area contributed by atoms with Crippen LogP contribution >= 0.6 is 11.6 Å². The standard InChI is InChI=1S/C17H13ClO2/c18-14-9-5-4-8-12(14)17(20)16-13(10-19)15(16)11-6-2-1-3-7-11/h1-10,13,15-16H/t13-,15-,16+/m0/s1. The molecule has 3 rings (SSSR count). The molecule has 0 aliphatic heterocycles. The highest BCUT2D eigenvalue weighted by atomic mass is 35.5. The van der Waals surface area contributed by atoms with Crippen LogP contribution in [0, 0.1) is 11.8 Å². The molecule has 0 bridgehead atoms. The Morgan fingerprint density at radius 1 is 1.00 bits per heavy atom. The van der Waals surface area contributed by atoms with E-state index in [0.29, 0.717) is 10.6 Å². The van der Waals surface area contributed by atoms with Gasteiger partial charge in [-0.15, -0.1) is 0 Å². The lowest BCUT2D eigenvalue weighted by Crippen LogP contribution is -2.05. The van der Waals surface area contributed by atoms with E-state index in [1.807, 2.05) is 30.3 Å². The molecule has 1 saturated carbocycles. The Bertz CT molecular complexity index is 651. The minimum atomic E-state index is -0.283. The zero-order valence-electron chi connectivity index (χ0n) is 10.7. The number of Topliss-reactive ketones (excluding diaryl/α,β-unsaturated/α-hetero) is 1. The van der Waals surface area contributed by atoms with Gasteiger partial charge in [0.05, 0.1) is 5.02 Å². The number of hydrogen-bond acceptors (Lipinski definition) is 2. The molecule has 0 unspecified atom stereocenters. The van der Waals surface area contributed by atoms with E-state index in [9.17, 15) is 9.59 Å². The zero-order chi connectivity index (χ0) is 14.1. The predicted octanol–water partition coefficient (Wildman–Crippen LogP) is 3.75. The summed E-state index contributed by atoms with van der Waals surface area (Å²) in [6.07, 6.45) is 0.886. The highest BCUT2D eigenvalue weighted by Crippen LogP contribution is 2.54. The smallest absolute Gasteiger partial charge is 0.168 e. The topological polar surface area (TPSA) is 34.1 Å². The molecule has 2 aromatic rings. The van der Waals surface area contributed by atoms with Crippen LogP contribution in [0.5, 0.6) is 0 Å². The Kier molecular flexibility index (Phi) is 3.41. The maximum absolute atomic E-state index is 12.5. The molecule has 3 heteroatoms. The van der Waals surface area contributed by atoms with E-state index in [-0.39, 0.29) is 23.5 Å². The Labute approximate surface area is 122 Å². The number of hydrogen-bond donors (Lipinski definition) is 0. The van der Waals surface area contributed by atoms with Crippen LogP contribution in [0.1, 0.15) is 21.8 Å². The molecule has 0 heterocycles. The summed E-state index contributed by atoms with van der Waals surface area (Å²) in [6, 6.07) is 16.7. The van der Waals surface area contributed by atoms with Crippen LogP contribution in [0.25, 0.3) is 0 Å². The molecule has 0 saturated heterocycles. The van der Waals surface area contributed by atoms with Crippen LogP contribution in [-0.2, 0) is 4.79 Å². The summed E-state index contributed by atoms with van der Waals surface area (Å²) < 4.78 is 0. The minimum Gasteiger partial charge on any atom is -0.303 e. The maximum Gasteiger partial charge on any atom is 0.168 e. The second-order valence-electron chi connectivity index (χ2n) is 5.02. The molecule has 100 valence electrons. The largest absolute Gasteiger partial charge is 0.303 e. The van der Waals surface area contributed by atoms with Crippen LogP contribution in [0.3, 0.4) is 0 Å². The SMILES string of the molecule is O=C[C@@H]1[C@@H](C(=O)c2ccccc2Cl)[C@H]1c1ccccc1. The van der Waals surface area contributed by atoms with Crippen LogP contribution in [0.4, 0.5) is 0 Å². The summed E-state index contributed by atoms with van der Waals surface area (Å²) in [5, 5.41) is 0.445. The number of aldehydes is 1. The first kappa shape index (κ1) is 13.1. The first-order valence-corrected chi connectivity index (χ1v) is 6.91. The Morgan fingerprint density at radius 2 is 1.65 bits per heavy atom. The molecular formula is C17H13ClO2. The van der Waals surface area contributed by atoms with Gasteiger partial charge in [-0.3, -0.25) is 4.79 Å². The third kappa shape index (κ3) is 2.16. The van der Waals surface area contributed by atoms with Gasteiger partial charge in [0.25, 0.3) is 0 Å². The fourth-order valence-electron chi connectivity index (χ4n) is 2.79. The molecular weight excluding hydrogens is 272 g/mol. The molecule has 0 radical (unpaired) electrons. The number of benzene rings is 2. The Balaban J connectivity index is 1.90. The van der Waals surface area contributed by atoms with E-state index in [4.69, 9.17) is 11.6 Å². The monoisotopic (exact) mass is 284 g/mol. The van der Waals surface area contributed by atoms with Crippen LogP contribution in [-0.4, -0.2) is 12.1 Å². The Hall–Kier alpha value is -1.93. The number of carbonyl (C=O) groups is 2. The minimum absolute atomic E-state index is 0.0162. The lowest BCUT2D eigenvalue weighted by atomic mass is 10.0. The first-order chi connectivity index (χ1) is 9.74. The van der Waals surface area contributed by atoms with E-state index >= 15 is 0 Å². The van der Waals surface area contributed by atoms with E-state index < -0.39 is 0 Å². The number of ketones is 1. The molecule has 20 heavy (non-hydrogen) atoms. The van der Waals surface area contributed by atoms with E-state index in [1.54, 1.807) is 24.3 Å². The highest BCUT2D eigenvalue weighted by Gasteiger charge is 2.55. The summed E-state index contributed by atoms with van der Waals surface area (Å²) >= 11 is 6.07.